The van der Waals surface area contributed by atoms with Crippen molar-refractivity contribution >= 4 is 27.5 Å². The summed E-state index contributed by atoms with van der Waals surface area (Å²) in [5, 5.41) is 12.3. The third kappa shape index (κ3) is 4.73. The monoisotopic (exact) mass is 591 g/mol. The van der Waals surface area contributed by atoms with Gasteiger partial charge in [0.25, 0.3) is 5.91 Å². The van der Waals surface area contributed by atoms with Crippen LogP contribution in [0.1, 0.15) is 70.6 Å². The van der Waals surface area contributed by atoms with Crippen molar-refractivity contribution in [3.63, 3.8) is 0 Å². The Balaban J connectivity index is 1.14. The maximum absolute atomic E-state index is 14.2. The predicted molar refractivity (Wildman–Crippen MR) is 151 cm³/mol. The topological polar surface area (TPSA) is 90.4 Å². The second-order valence-electron chi connectivity index (χ2n) is 13.2. The van der Waals surface area contributed by atoms with Gasteiger partial charge in [-0.2, -0.15) is 4.31 Å². The normalized spacial score (nSPS) is 35.5. The predicted octanol–water partition coefficient (Wildman–Crippen LogP) is 3.66. The zero-order chi connectivity index (χ0) is 27.6. The number of rotatable bonds is 7. The molecule has 2 saturated carbocycles. The molecule has 0 spiro atoms. The van der Waals surface area contributed by atoms with Gasteiger partial charge in [0.1, 0.15) is 6.10 Å². The highest BCUT2D eigenvalue weighted by molar-refractivity contribution is 7.89. The first-order chi connectivity index (χ1) is 19.3. The number of benzene rings is 1. The maximum Gasteiger partial charge on any atom is 0.252 e. The average Bonchev–Trinajstić information content (AvgIpc) is 3.90. The number of amides is 1. The SMILES string of the molecule is O=C(C(O)C1(C2COCC(C3CC3)N2S(=O)(=O)c2ccc(Cl)cc2)CC1)N1[C@@H]2CC[C@H]1CC(N1CCCCC1)C2. The van der Waals surface area contributed by atoms with Crippen LogP contribution in [0.15, 0.2) is 29.2 Å². The van der Waals surface area contributed by atoms with E-state index in [1.54, 1.807) is 28.6 Å². The molecule has 6 fully saturated rings. The highest BCUT2D eigenvalue weighted by Crippen LogP contribution is 2.57. The van der Waals surface area contributed by atoms with Crippen LogP contribution in [0.3, 0.4) is 0 Å². The first kappa shape index (κ1) is 27.6. The third-order valence-corrected chi connectivity index (χ3v) is 13.1. The minimum absolute atomic E-state index is 0.166. The van der Waals surface area contributed by atoms with Gasteiger partial charge in [0, 0.05) is 28.6 Å². The van der Waals surface area contributed by atoms with Crippen LogP contribution in [0.4, 0.5) is 0 Å². The number of likely N-dealkylation sites (tertiary alicyclic amines) is 1. The fourth-order valence-corrected chi connectivity index (χ4v) is 10.5. The van der Waals surface area contributed by atoms with Crippen molar-refractivity contribution < 1.29 is 23.1 Å². The molecule has 1 N–H and O–H groups in total. The van der Waals surface area contributed by atoms with Gasteiger partial charge in [-0.05, 0) is 107 Å². The average molecular weight is 592 g/mol. The van der Waals surface area contributed by atoms with Gasteiger partial charge in [-0.3, -0.25) is 4.79 Å². The molecule has 6 aliphatic rings. The molecule has 220 valence electrons. The standard InChI is InChI=1S/C30H42ClN3O5S/c31-21-6-10-25(11-7-21)40(37,38)34-26(20-4-5-20)18-39-19-27(34)30(12-13-30)28(35)29(36)33-22-8-9-23(33)17-24(16-22)32-14-2-1-3-15-32/h6-7,10-11,20,22-24,26-28,35H,1-5,8-9,12-19H2/t22-,23+,24?,26?,27?,28?. The first-order valence-electron chi connectivity index (χ1n) is 15.4. The minimum atomic E-state index is -3.89. The van der Waals surface area contributed by atoms with E-state index >= 15 is 0 Å². The van der Waals surface area contributed by atoms with Crippen LogP contribution < -0.4 is 0 Å². The Morgan fingerprint density at radius 1 is 0.950 bits per heavy atom. The molecule has 10 heteroatoms. The smallest absolute Gasteiger partial charge is 0.252 e. The number of halogens is 1. The molecule has 4 aliphatic heterocycles. The number of ether oxygens (including phenoxy) is 1. The van der Waals surface area contributed by atoms with Crippen LogP contribution in [0.2, 0.25) is 5.02 Å². The van der Waals surface area contributed by atoms with Crippen molar-refractivity contribution in [1.29, 1.82) is 0 Å². The van der Waals surface area contributed by atoms with Gasteiger partial charge in [-0.15, -0.1) is 0 Å². The van der Waals surface area contributed by atoms with Crippen LogP contribution in [-0.2, 0) is 19.6 Å². The van der Waals surface area contributed by atoms with Crippen molar-refractivity contribution in [3.05, 3.63) is 29.3 Å². The number of nitrogens with zero attached hydrogens (tertiary/aromatic N) is 3. The highest BCUT2D eigenvalue weighted by Gasteiger charge is 2.64. The molecule has 6 atom stereocenters. The number of piperidine rings is 2. The van der Waals surface area contributed by atoms with E-state index in [9.17, 15) is 18.3 Å². The summed E-state index contributed by atoms with van der Waals surface area (Å²) in [7, 11) is -3.89. The summed E-state index contributed by atoms with van der Waals surface area (Å²) in [4.78, 5) is 18.9. The lowest BCUT2D eigenvalue weighted by Crippen LogP contribution is -2.63. The Morgan fingerprint density at radius 3 is 2.20 bits per heavy atom. The number of sulfonamides is 1. The lowest BCUT2D eigenvalue weighted by molar-refractivity contribution is -0.154. The van der Waals surface area contributed by atoms with Gasteiger partial charge < -0.3 is 19.6 Å². The van der Waals surface area contributed by atoms with Crippen molar-refractivity contribution in [2.24, 2.45) is 11.3 Å². The molecule has 1 amide bonds. The van der Waals surface area contributed by atoms with Gasteiger partial charge in [-0.25, -0.2) is 8.42 Å². The summed E-state index contributed by atoms with van der Waals surface area (Å²) in [5.74, 6) is 0.0534. The van der Waals surface area contributed by atoms with Crippen LogP contribution in [0.5, 0.6) is 0 Å². The summed E-state index contributed by atoms with van der Waals surface area (Å²) in [6.45, 7) is 2.86. The number of hydrogen-bond acceptors (Lipinski definition) is 6. The van der Waals surface area contributed by atoms with E-state index < -0.39 is 27.6 Å². The molecule has 1 aromatic carbocycles. The molecule has 7 rings (SSSR count). The molecular weight excluding hydrogens is 550 g/mol. The van der Waals surface area contributed by atoms with Gasteiger partial charge in [-0.1, -0.05) is 18.0 Å². The van der Waals surface area contributed by atoms with E-state index in [1.807, 2.05) is 4.90 Å². The van der Waals surface area contributed by atoms with Crippen molar-refractivity contribution in [3.8, 4) is 0 Å². The number of aliphatic hydroxyl groups is 1. The largest absolute Gasteiger partial charge is 0.383 e. The zero-order valence-corrected chi connectivity index (χ0v) is 24.7. The number of carbonyl (C=O) groups excluding carboxylic acids is 1. The molecule has 1 aromatic rings. The fourth-order valence-electron chi connectivity index (χ4n) is 8.41. The Bertz CT molecular complexity index is 1200. The Hall–Kier alpha value is -1.23. The number of aliphatic hydroxyl groups excluding tert-OH is 1. The Kier molecular flexibility index (Phi) is 7.24. The number of carbonyl (C=O) groups is 1. The molecule has 2 bridgehead atoms. The lowest BCUT2D eigenvalue weighted by atomic mass is 9.86. The van der Waals surface area contributed by atoms with Gasteiger partial charge >= 0.3 is 0 Å². The Labute approximate surface area is 243 Å². The molecule has 2 aliphatic carbocycles. The quantitative estimate of drug-likeness (QED) is 0.521. The Morgan fingerprint density at radius 2 is 1.60 bits per heavy atom. The number of hydrogen-bond donors (Lipinski definition) is 1. The summed E-state index contributed by atoms with van der Waals surface area (Å²) in [6.07, 6.45) is 9.74. The summed E-state index contributed by atoms with van der Waals surface area (Å²) >= 11 is 6.07. The van der Waals surface area contributed by atoms with Crippen molar-refractivity contribution in [2.75, 3.05) is 26.3 Å². The molecule has 0 radical (unpaired) electrons. The second-order valence-corrected chi connectivity index (χ2v) is 15.5. The fraction of sp³-hybridized carbons (Fsp3) is 0.767. The molecule has 0 aromatic heterocycles. The van der Waals surface area contributed by atoms with Crippen molar-refractivity contribution in [1.82, 2.24) is 14.1 Å². The summed E-state index contributed by atoms with van der Waals surface area (Å²) < 4.78 is 36.0. The molecule has 8 nitrogen and oxygen atoms in total. The number of fused-ring (bicyclic) bond motifs is 2. The van der Waals surface area contributed by atoms with Crippen LogP contribution in [-0.4, -0.2) is 96.2 Å². The highest BCUT2D eigenvalue weighted by atomic mass is 35.5. The van der Waals surface area contributed by atoms with Gasteiger partial charge in [0.15, 0.2) is 0 Å². The van der Waals surface area contributed by atoms with E-state index in [4.69, 9.17) is 16.3 Å². The van der Waals surface area contributed by atoms with E-state index in [-0.39, 0.29) is 41.5 Å². The molecule has 4 heterocycles. The molecule has 40 heavy (non-hydrogen) atoms. The molecule has 4 saturated heterocycles. The molecule has 4 unspecified atom stereocenters. The maximum atomic E-state index is 14.2. The summed E-state index contributed by atoms with van der Waals surface area (Å²) in [5.41, 5.74) is -0.812. The first-order valence-corrected chi connectivity index (χ1v) is 17.2. The molecular formula is C30H42ClN3O5S. The van der Waals surface area contributed by atoms with Crippen LogP contribution in [0, 0.1) is 11.3 Å². The van der Waals surface area contributed by atoms with Crippen molar-refractivity contribution in [2.45, 2.75) is 112 Å². The number of morpholine rings is 1. The van der Waals surface area contributed by atoms with E-state index in [2.05, 4.69) is 4.90 Å². The van der Waals surface area contributed by atoms with Crippen LogP contribution in [0.25, 0.3) is 0 Å². The third-order valence-electron chi connectivity index (χ3n) is 10.9. The lowest BCUT2D eigenvalue weighted by Gasteiger charge is -2.48. The van der Waals surface area contributed by atoms with E-state index in [0.29, 0.717) is 30.5 Å². The summed E-state index contributed by atoms with van der Waals surface area (Å²) in [6, 6.07) is 6.32. The minimum Gasteiger partial charge on any atom is -0.383 e. The van der Waals surface area contributed by atoms with Crippen LogP contribution >= 0.6 is 11.6 Å². The van der Waals surface area contributed by atoms with Gasteiger partial charge in [0.2, 0.25) is 10.0 Å². The second kappa shape index (κ2) is 10.5. The zero-order valence-electron chi connectivity index (χ0n) is 23.2. The van der Waals surface area contributed by atoms with Gasteiger partial charge in [0.05, 0.1) is 30.2 Å². The van der Waals surface area contributed by atoms with E-state index in [1.165, 1.54) is 19.3 Å². The van der Waals surface area contributed by atoms with E-state index in [0.717, 1.165) is 51.6 Å².